The SMILES string of the molecule is Nc1ccc(-c2nc3cc(Br)ccc3s2)cc1Br. The monoisotopic (exact) mass is 382 g/mol. The number of aromatic nitrogens is 1. The number of rotatable bonds is 1. The first-order valence-corrected chi connectivity index (χ1v) is 7.65. The molecular formula is C13H8Br2N2S. The van der Waals surface area contributed by atoms with Gasteiger partial charge < -0.3 is 5.73 Å². The molecule has 0 saturated carbocycles. The van der Waals surface area contributed by atoms with E-state index in [4.69, 9.17) is 5.73 Å². The van der Waals surface area contributed by atoms with Crippen molar-refractivity contribution in [1.82, 2.24) is 4.98 Å². The maximum absolute atomic E-state index is 5.79. The normalized spacial score (nSPS) is 11.0. The van der Waals surface area contributed by atoms with Crippen LogP contribution in [0.4, 0.5) is 5.69 Å². The highest BCUT2D eigenvalue weighted by atomic mass is 79.9. The van der Waals surface area contributed by atoms with Crippen molar-refractivity contribution in [1.29, 1.82) is 0 Å². The van der Waals surface area contributed by atoms with Gasteiger partial charge in [-0.25, -0.2) is 4.98 Å². The van der Waals surface area contributed by atoms with Crippen LogP contribution < -0.4 is 5.73 Å². The van der Waals surface area contributed by atoms with Gasteiger partial charge in [-0.15, -0.1) is 11.3 Å². The Morgan fingerprint density at radius 1 is 1.06 bits per heavy atom. The van der Waals surface area contributed by atoms with Crippen LogP contribution in [-0.2, 0) is 0 Å². The van der Waals surface area contributed by atoms with Gasteiger partial charge in [0, 0.05) is 20.2 Å². The molecule has 0 atom stereocenters. The fourth-order valence-corrected chi connectivity index (χ4v) is 3.35. The van der Waals surface area contributed by atoms with E-state index in [9.17, 15) is 0 Å². The lowest BCUT2D eigenvalue weighted by molar-refractivity contribution is 1.47. The predicted octanol–water partition coefficient (Wildman–Crippen LogP) is 5.07. The van der Waals surface area contributed by atoms with Crippen LogP contribution in [0.1, 0.15) is 0 Å². The van der Waals surface area contributed by atoms with Gasteiger partial charge in [-0.05, 0) is 52.3 Å². The number of anilines is 1. The van der Waals surface area contributed by atoms with Crippen molar-refractivity contribution in [2.24, 2.45) is 0 Å². The van der Waals surface area contributed by atoms with Crippen LogP contribution in [0, 0.1) is 0 Å². The van der Waals surface area contributed by atoms with Crippen molar-refractivity contribution in [3.8, 4) is 10.6 Å². The third kappa shape index (κ3) is 2.18. The molecule has 3 rings (SSSR count). The summed E-state index contributed by atoms with van der Waals surface area (Å²) in [5.74, 6) is 0. The minimum absolute atomic E-state index is 0.739. The Bertz CT molecular complexity index is 737. The molecule has 18 heavy (non-hydrogen) atoms. The summed E-state index contributed by atoms with van der Waals surface area (Å²) in [6.07, 6.45) is 0. The molecule has 2 nitrogen and oxygen atoms in total. The summed E-state index contributed by atoms with van der Waals surface area (Å²) in [4.78, 5) is 4.64. The van der Waals surface area contributed by atoms with Gasteiger partial charge in [0.1, 0.15) is 5.01 Å². The minimum atomic E-state index is 0.739. The highest BCUT2D eigenvalue weighted by Gasteiger charge is 2.07. The van der Waals surface area contributed by atoms with E-state index in [0.29, 0.717) is 0 Å². The van der Waals surface area contributed by atoms with Gasteiger partial charge in [0.05, 0.1) is 10.2 Å². The molecule has 0 spiro atoms. The molecule has 3 aromatic rings. The third-order valence-electron chi connectivity index (χ3n) is 2.60. The van der Waals surface area contributed by atoms with Gasteiger partial charge in [-0.1, -0.05) is 15.9 Å². The molecule has 5 heteroatoms. The number of nitrogens with two attached hydrogens (primary N) is 1. The molecular weight excluding hydrogens is 376 g/mol. The summed E-state index contributed by atoms with van der Waals surface area (Å²) >= 11 is 8.58. The molecule has 0 amide bonds. The standard InChI is InChI=1S/C13H8Br2N2S/c14-8-2-4-12-11(6-8)17-13(18-12)7-1-3-10(16)9(15)5-7/h1-6H,16H2. The Hall–Kier alpha value is -0.910. The molecule has 0 bridgehead atoms. The number of hydrogen-bond donors (Lipinski definition) is 1. The highest BCUT2D eigenvalue weighted by molar-refractivity contribution is 9.10. The second kappa shape index (κ2) is 4.64. The lowest BCUT2D eigenvalue weighted by Crippen LogP contribution is -1.86. The van der Waals surface area contributed by atoms with Gasteiger partial charge in [0.2, 0.25) is 0 Å². The van der Waals surface area contributed by atoms with Crippen molar-refractivity contribution in [3.05, 3.63) is 45.3 Å². The lowest BCUT2D eigenvalue weighted by Gasteiger charge is -2.00. The van der Waals surface area contributed by atoms with E-state index in [1.807, 2.05) is 30.3 Å². The molecule has 2 N–H and O–H groups in total. The van der Waals surface area contributed by atoms with E-state index in [1.165, 1.54) is 4.70 Å². The second-order valence-electron chi connectivity index (χ2n) is 3.87. The van der Waals surface area contributed by atoms with Crippen molar-refractivity contribution < 1.29 is 0 Å². The van der Waals surface area contributed by atoms with E-state index in [1.54, 1.807) is 11.3 Å². The number of nitrogen functional groups attached to an aromatic ring is 1. The van der Waals surface area contributed by atoms with Crippen LogP contribution in [0.3, 0.4) is 0 Å². The molecule has 1 heterocycles. The van der Waals surface area contributed by atoms with Gasteiger partial charge in [0.25, 0.3) is 0 Å². The van der Waals surface area contributed by atoms with Crippen LogP contribution in [0.15, 0.2) is 45.3 Å². The van der Waals surface area contributed by atoms with E-state index in [-0.39, 0.29) is 0 Å². The molecule has 0 saturated heterocycles. The number of benzene rings is 2. The zero-order valence-electron chi connectivity index (χ0n) is 9.15. The topological polar surface area (TPSA) is 38.9 Å². The van der Waals surface area contributed by atoms with Gasteiger partial charge in [0.15, 0.2) is 0 Å². The van der Waals surface area contributed by atoms with Crippen molar-refractivity contribution in [2.75, 3.05) is 5.73 Å². The minimum Gasteiger partial charge on any atom is -0.398 e. The summed E-state index contributed by atoms with van der Waals surface area (Å²) < 4.78 is 3.13. The molecule has 0 unspecified atom stereocenters. The third-order valence-corrected chi connectivity index (χ3v) is 4.86. The maximum atomic E-state index is 5.79. The smallest absolute Gasteiger partial charge is 0.124 e. The predicted molar refractivity (Wildman–Crippen MR) is 84.9 cm³/mol. The molecule has 0 aliphatic carbocycles. The number of thiazole rings is 1. The summed E-state index contributed by atoms with van der Waals surface area (Å²) in [7, 11) is 0. The van der Waals surface area contributed by atoms with E-state index < -0.39 is 0 Å². The quantitative estimate of drug-likeness (QED) is 0.595. The molecule has 0 aliphatic heterocycles. The van der Waals surface area contributed by atoms with Crippen molar-refractivity contribution >= 4 is 59.1 Å². The zero-order chi connectivity index (χ0) is 12.7. The van der Waals surface area contributed by atoms with Crippen LogP contribution in [0.25, 0.3) is 20.8 Å². The van der Waals surface area contributed by atoms with Gasteiger partial charge >= 0.3 is 0 Å². The van der Waals surface area contributed by atoms with Gasteiger partial charge in [-0.3, -0.25) is 0 Å². The van der Waals surface area contributed by atoms with Gasteiger partial charge in [-0.2, -0.15) is 0 Å². The number of nitrogens with zero attached hydrogens (tertiary/aromatic N) is 1. The first-order valence-electron chi connectivity index (χ1n) is 5.25. The van der Waals surface area contributed by atoms with Crippen LogP contribution in [0.2, 0.25) is 0 Å². The van der Waals surface area contributed by atoms with E-state index >= 15 is 0 Å². The van der Waals surface area contributed by atoms with E-state index in [2.05, 4.69) is 42.9 Å². The summed E-state index contributed by atoms with van der Waals surface area (Å²) in [5.41, 5.74) is 8.62. The largest absolute Gasteiger partial charge is 0.398 e. The van der Waals surface area contributed by atoms with Crippen molar-refractivity contribution in [2.45, 2.75) is 0 Å². The Morgan fingerprint density at radius 3 is 2.67 bits per heavy atom. The fraction of sp³-hybridized carbons (Fsp3) is 0. The van der Waals surface area contributed by atoms with Crippen LogP contribution in [-0.4, -0.2) is 4.98 Å². The molecule has 1 aromatic heterocycles. The lowest BCUT2D eigenvalue weighted by atomic mass is 10.2. The Kier molecular flexibility index (Phi) is 3.13. The van der Waals surface area contributed by atoms with Crippen LogP contribution >= 0.6 is 43.2 Å². The molecule has 0 fully saturated rings. The first kappa shape index (κ1) is 12.1. The Morgan fingerprint density at radius 2 is 1.89 bits per heavy atom. The van der Waals surface area contributed by atoms with E-state index in [0.717, 1.165) is 30.7 Å². The maximum Gasteiger partial charge on any atom is 0.124 e. The van der Waals surface area contributed by atoms with Crippen LogP contribution in [0.5, 0.6) is 0 Å². The molecule has 0 radical (unpaired) electrons. The summed E-state index contributed by atoms with van der Waals surface area (Å²) in [5, 5.41) is 1.00. The molecule has 2 aromatic carbocycles. The Labute approximate surface area is 125 Å². The Balaban J connectivity index is 2.16. The second-order valence-corrected chi connectivity index (χ2v) is 6.67. The molecule has 90 valence electrons. The number of hydrogen-bond acceptors (Lipinski definition) is 3. The zero-order valence-corrected chi connectivity index (χ0v) is 13.1. The number of fused-ring (bicyclic) bond motifs is 1. The molecule has 0 aliphatic rings. The fourth-order valence-electron chi connectivity index (χ4n) is 1.68. The first-order chi connectivity index (χ1) is 8.63. The average Bonchev–Trinajstić information content (AvgIpc) is 2.75. The number of halogens is 2. The average molecular weight is 384 g/mol. The summed E-state index contributed by atoms with van der Waals surface area (Å²) in [6.45, 7) is 0. The summed E-state index contributed by atoms with van der Waals surface area (Å²) in [6, 6.07) is 12.0. The van der Waals surface area contributed by atoms with Crippen molar-refractivity contribution in [3.63, 3.8) is 0 Å². The highest BCUT2D eigenvalue weighted by Crippen LogP contribution is 2.33.